The Bertz CT molecular complexity index is 1140. The average Bonchev–Trinajstić information content (AvgIpc) is 3.09. The van der Waals surface area contributed by atoms with Gasteiger partial charge in [0.2, 0.25) is 0 Å². The van der Waals surface area contributed by atoms with Crippen LogP contribution in [0.4, 0.5) is 5.69 Å². The molecule has 1 saturated heterocycles. The Hall–Kier alpha value is -3.44. The van der Waals surface area contributed by atoms with Crippen LogP contribution >= 0.6 is 0 Å². The summed E-state index contributed by atoms with van der Waals surface area (Å²) < 4.78 is 0. The third kappa shape index (κ3) is 4.75. The van der Waals surface area contributed by atoms with E-state index in [1.165, 1.54) is 5.56 Å². The van der Waals surface area contributed by atoms with E-state index in [0.717, 1.165) is 50.0 Å². The fourth-order valence-corrected chi connectivity index (χ4v) is 5.16. The molecule has 0 spiro atoms. The van der Waals surface area contributed by atoms with Crippen LogP contribution in [0.1, 0.15) is 63.4 Å². The maximum atomic E-state index is 13.5. The Morgan fingerprint density at radius 3 is 2.26 bits per heavy atom. The van der Waals surface area contributed by atoms with Crippen LogP contribution in [0.5, 0.6) is 0 Å². The summed E-state index contributed by atoms with van der Waals surface area (Å²) in [6.45, 7) is 2.08. The molecule has 5 nitrogen and oxygen atoms in total. The quantitative estimate of drug-likeness (QED) is 0.540. The molecule has 0 aromatic heterocycles. The number of piperidine rings is 1. The zero-order chi connectivity index (χ0) is 23.3. The predicted octanol–water partition coefficient (Wildman–Crippen LogP) is 4.89. The monoisotopic (exact) mass is 453 g/mol. The summed E-state index contributed by atoms with van der Waals surface area (Å²) in [5, 5.41) is 5.21. The fraction of sp³-hybridized carbons (Fsp3) is 0.310. The summed E-state index contributed by atoms with van der Waals surface area (Å²) in [7, 11) is 0. The van der Waals surface area contributed by atoms with Gasteiger partial charge in [-0.05, 0) is 80.4 Å². The van der Waals surface area contributed by atoms with Gasteiger partial charge in [0.1, 0.15) is 6.04 Å². The molecule has 5 rings (SSSR count). The van der Waals surface area contributed by atoms with Gasteiger partial charge in [-0.1, -0.05) is 60.7 Å². The van der Waals surface area contributed by atoms with Crippen molar-refractivity contribution in [2.24, 2.45) is 0 Å². The maximum absolute atomic E-state index is 13.5. The molecule has 2 aliphatic rings. The van der Waals surface area contributed by atoms with E-state index in [4.69, 9.17) is 0 Å². The van der Waals surface area contributed by atoms with Crippen molar-refractivity contribution in [1.29, 1.82) is 0 Å². The molecule has 3 aromatic carbocycles. The number of carbonyl (C=O) groups excluding carboxylic acids is 2. The number of hydrogen-bond acceptors (Lipinski definition) is 4. The van der Waals surface area contributed by atoms with Crippen LogP contribution in [0.15, 0.2) is 78.9 Å². The first-order chi connectivity index (χ1) is 16.7. The van der Waals surface area contributed by atoms with E-state index in [0.29, 0.717) is 23.5 Å². The van der Waals surface area contributed by atoms with E-state index >= 15 is 0 Å². The van der Waals surface area contributed by atoms with E-state index in [9.17, 15) is 9.59 Å². The molecule has 2 heterocycles. The van der Waals surface area contributed by atoms with Gasteiger partial charge in [-0.3, -0.25) is 20.0 Å². The first-order valence-corrected chi connectivity index (χ1v) is 12.3. The number of fused-ring (bicyclic) bond motifs is 1. The zero-order valence-electron chi connectivity index (χ0n) is 19.4. The second-order valence-corrected chi connectivity index (χ2v) is 9.22. The minimum atomic E-state index is -0.455. The molecule has 2 N–H and O–H groups in total. The predicted molar refractivity (Wildman–Crippen MR) is 135 cm³/mol. The number of carbonyl (C=O) groups is 2. The number of aryl methyl sites for hydroxylation is 1. The standard InChI is InChI=1S/C29H31N3O2/c33-28(24-8-2-1-3-9-24)27-12-6-10-23-7-4-5-11-26(23)32(27)31-29(34)25-15-13-21(14-16-25)22-17-19-30-20-18-22/h1-5,7-9,11,13-16,22,27,30H,6,10,12,17-20H2,(H,31,34). The van der Waals surface area contributed by atoms with Crippen molar-refractivity contribution >= 4 is 17.4 Å². The molecule has 174 valence electrons. The van der Waals surface area contributed by atoms with Crippen LogP contribution in [0.2, 0.25) is 0 Å². The number of ketones is 1. The lowest BCUT2D eigenvalue weighted by Crippen LogP contribution is -2.52. The van der Waals surface area contributed by atoms with Gasteiger partial charge < -0.3 is 5.32 Å². The van der Waals surface area contributed by atoms with Gasteiger partial charge >= 0.3 is 0 Å². The van der Waals surface area contributed by atoms with Crippen LogP contribution in [0, 0.1) is 0 Å². The average molecular weight is 454 g/mol. The Kier molecular flexibility index (Phi) is 6.72. The van der Waals surface area contributed by atoms with Gasteiger partial charge in [0, 0.05) is 11.1 Å². The third-order valence-corrected chi connectivity index (χ3v) is 7.05. The number of para-hydroxylation sites is 1. The van der Waals surface area contributed by atoms with Crippen molar-refractivity contribution in [3.05, 3.63) is 101 Å². The summed E-state index contributed by atoms with van der Waals surface area (Å²) in [5.74, 6) is 0.377. The Morgan fingerprint density at radius 1 is 0.794 bits per heavy atom. The second-order valence-electron chi connectivity index (χ2n) is 9.22. The van der Waals surface area contributed by atoms with Crippen molar-refractivity contribution in [1.82, 2.24) is 10.7 Å². The van der Waals surface area contributed by atoms with Crippen molar-refractivity contribution < 1.29 is 9.59 Å². The molecule has 34 heavy (non-hydrogen) atoms. The molecule has 1 amide bonds. The van der Waals surface area contributed by atoms with Gasteiger partial charge in [0.25, 0.3) is 5.91 Å². The first-order valence-electron chi connectivity index (χ1n) is 12.3. The third-order valence-electron chi connectivity index (χ3n) is 7.05. The minimum Gasteiger partial charge on any atom is -0.317 e. The summed E-state index contributed by atoms with van der Waals surface area (Å²) in [6.07, 6.45) is 4.69. The molecule has 0 radical (unpaired) electrons. The molecular formula is C29H31N3O2. The summed E-state index contributed by atoms with van der Waals surface area (Å²) in [6, 6.07) is 24.9. The van der Waals surface area contributed by atoms with E-state index < -0.39 is 6.04 Å². The molecule has 2 aliphatic heterocycles. The molecule has 1 unspecified atom stereocenters. The van der Waals surface area contributed by atoms with Gasteiger partial charge in [-0.25, -0.2) is 0 Å². The first kappa shape index (κ1) is 22.4. The lowest BCUT2D eigenvalue weighted by Gasteiger charge is -2.32. The van der Waals surface area contributed by atoms with Crippen LogP contribution in [-0.2, 0) is 6.42 Å². The van der Waals surface area contributed by atoms with E-state index in [-0.39, 0.29) is 11.7 Å². The molecule has 0 bridgehead atoms. The molecular weight excluding hydrogens is 422 g/mol. The number of amides is 1. The number of rotatable bonds is 5. The number of Topliss-reactive ketones (excluding diaryl/α,β-unsaturated/α-hetero) is 1. The van der Waals surface area contributed by atoms with E-state index in [2.05, 4.69) is 28.9 Å². The summed E-state index contributed by atoms with van der Waals surface area (Å²) >= 11 is 0. The SMILES string of the molecule is O=C(NN1c2ccccc2CCCC1C(=O)c1ccccc1)c1ccc(C2CCNCC2)cc1. The normalized spacial score (nSPS) is 18.6. The van der Waals surface area contributed by atoms with Crippen molar-refractivity contribution in [3.8, 4) is 0 Å². The van der Waals surface area contributed by atoms with Crippen molar-refractivity contribution in [3.63, 3.8) is 0 Å². The summed E-state index contributed by atoms with van der Waals surface area (Å²) in [4.78, 5) is 26.9. The number of nitrogens with one attached hydrogen (secondary N) is 2. The second kappa shape index (κ2) is 10.2. The highest BCUT2D eigenvalue weighted by atomic mass is 16.2. The number of anilines is 1. The lowest BCUT2D eigenvalue weighted by atomic mass is 9.90. The van der Waals surface area contributed by atoms with Gasteiger partial charge in [-0.15, -0.1) is 0 Å². The van der Waals surface area contributed by atoms with Crippen LogP contribution in [0.3, 0.4) is 0 Å². The lowest BCUT2D eigenvalue weighted by molar-refractivity contribution is 0.0911. The largest absolute Gasteiger partial charge is 0.317 e. The highest BCUT2D eigenvalue weighted by molar-refractivity contribution is 6.03. The highest BCUT2D eigenvalue weighted by Gasteiger charge is 2.32. The van der Waals surface area contributed by atoms with Crippen LogP contribution < -0.4 is 15.8 Å². The van der Waals surface area contributed by atoms with E-state index in [1.54, 1.807) is 5.01 Å². The summed E-state index contributed by atoms with van der Waals surface area (Å²) in [5.41, 5.74) is 7.69. The van der Waals surface area contributed by atoms with Gasteiger partial charge in [0.15, 0.2) is 5.78 Å². The van der Waals surface area contributed by atoms with Crippen LogP contribution in [-0.4, -0.2) is 30.8 Å². The van der Waals surface area contributed by atoms with E-state index in [1.807, 2.05) is 60.7 Å². The molecule has 1 atom stereocenters. The topological polar surface area (TPSA) is 61.4 Å². The number of hydrogen-bond donors (Lipinski definition) is 2. The smallest absolute Gasteiger partial charge is 0.269 e. The Labute approximate surface area is 201 Å². The molecule has 0 aliphatic carbocycles. The number of nitrogens with zero attached hydrogens (tertiary/aromatic N) is 1. The minimum absolute atomic E-state index is 0.0267. The maximum Gasteiger partial charge on any atom is 0.269 e. The number of hydrazine groups is 1. The van der Waals surface area contributed by atoms with Gasteiger partial charge in [0.05, 0.1) is 5.69 Å². The zero-order valence-corrected chi connectivity index (χ0v) is 19.4. The van der Waals surface area contributed by atoms with Crippen molar-refractivity contribution in [2.75, 3.05) is 18.1 Å². The number of benzene rings is 3. The molecule has 5 heteroatoms. The molecule has 0 saturated carbocycles. The Balaban J connectivity index is 1.41. The highest BCUT2D eigenvalue weighted by Crippen LogP contribution is 2.30. The molecule has 1 fully saturated rings. The van der Waals surface area contributed by atoms with Crippen molar-refractivity contribution in [2.45, 2.75) is 44.1 Å². The van der Waals surface area contributed by atoms with Crippen LogP contribution in [0.25, 0.3) is 0 Å². The fourth-order valence-electron chi connectivity index (χ4n) is 5.16. The molecule has 3 aromatic rings. The Morgan fingerprint density at radius 2 is 1.50 bits per heavy atom. The van der Waals surface area contributed by atoms with Gasteiger partial charge in [-0.2, -0.15) is 0 Å².